The van der Waals surface area contributed by atoms with Crippen LogP contribution in [0.15, 0.2) is 18.3 Å². The Morgan fingerprint density at radius 2 is 2.00 bits per heavy atom. The second-order valence-electron chi connectivity index (χ2n) is 9.52. The van der Waals surface area contributed by atoms with Crippen LogP contribution >= 0.6 is 0 Å². The molecule has 1 saturated heterocycles. The molecular formula is C23H28F2N8O2. The predicted octanol–water partition coefficient (Wildman–Crippen LogP) is 3.10. The van der Waals surface area contributed by atoms with Crippen molar-refractivity contribution < 1.29 is 18.7 Å². The standard InChI is InChI=1S/C23H28F2N8O2/c1-31-19(13-33-12-16(27-30-33)9-14-4-5-14)21(28-29-31)17-6-7-18(22(26-17)23(24)25)32-8-2-3-15(11-32)10-20(34)35/h6-7,12,14-15,23H,2-5,8-11,13H2,1H3,(H,34,35)/t15-/m1/s1. The van der Waals surface area contributed by atoms with E-state index >= 15 is 0 Å². The van der Waals surface area contributed by atoms with E-state index in [1.165, 1.54) is 12.8 Å². The van der Waals surface area contributed by atoms with Gasteiger partial charge in [-0.1, -0.05) is 10.4 Å². The Labute approximate surface area is 201 Å². The molecule has 3 aromatic heterocycles. The van der Waals surface area contributed by atoms with Gasteiger partial charge in [-0.25, -0.2) is 23.1 Å². The van der Waals surface area contributed by atoms with Crippen LogP contribution in [0, 0.1) is 11.8 Å². The summed E-state index contributed by atoms with van der Waals surface area (Å²) in [7, 11) is 1.74. The third kappa shape index (κ3) is 5.30. The van der Waals surface area contributed by atoms with Crippen molar-refractivity contribution in [1.29, 1.82) is 0 Å². The highest BCUT2D eigenvalue weighted by Gasteiger charge is 2.28. The number of carbonyl (C=O) groups is 1. The lowest BCUT2D eigenvalue weighted by Crippen LogP contribution is -2.37. The molecule has 0 spiro atoms. The number of aliphatic carboxylic acids is 1. The number of carboxylic acids is 1. The lowest BCUT2D eigenvalue weighted by molar-refractivity contribution is -0.138. The molecule has 0 bridgehead atoms. The van der Waals surface area contributed by atoms with Gasteiger partial charge in [0.05, 0.1) is 29.3 Å². The highest BCUT2D eigenvalue weighted by atomic mass is 19.3. The van der Waals surface area contributed by atoms with Gasteiger partial charge in [-0.3, -0.25) is 4.79 Å². The first-order valence-electron chi connectivity index (χ1n) is 11.9. The average Bonchev–Trinajstić information content (AvgIpc) is 3.41. The molecule has 186 valence electrons. The van der Waals surface area contributed by atoms with Crippen molar-refractivity contribution in [2.75, 3.05) is 18.0 Å². The molecule has 1 saturated carbocycles. The summed E-state index contributed by atoms with van der Waals surface area (Å²) in [6.45, 7) is 1.34. The number of piperidine rings is 1. The first-order chi connectivity index (χ1) is 16.9. The van der Waals surface area contributed by atoms with Gasteiger partial charge in [0.25, 0.3) is 6.43 Å². The second-order valence-corrected chi connectivity index (χ2v) is 9.52. The van der Waals surface area contributed by atoms with Gasteiger partial charge in [-0.05, 0) is 56.1 Å². The smallest absolute Gasteiger partial charge is 0.303 e. The summed E-state index contributed by atoms with van der Waals surface area (Å²) in [5, 5.41) is 25.9. The van der Waals surface area contributed by atoms with Gasteiger partial charge in [0.15, 0.2) is 0 Å². The van der Waals surface area contributed by atoms with Crippen LogP contribution in [0.5, 0.6) is 0 Å². The molecule has 1 aliphatic heterocycles. The van der Waals surface area contributed by atoms with Crippen molar-refractivity contribution in [2.24, 2.45) is 18.9 Å². The summed E-state index contributed by atoms with van der Waals surface area (Å²) in [5.74, 6) is -0.254. The minimum atomic E-state index is -2.79. The minimum Gasteiger partial charge on any atom is -0.481 e. The van der Waals surface area contributed by atoms with Crippen LogP contribution in [-0.4, -0.2) is 59.1 Å². The highest BCUT2D eigenvalue weighted by Crippen LogP contribution is 2.35. The molecular weight excluding hydrogens is 458 g/mol. The van der Waals surface area contributed by atoms with Gasteiger partial charge in [0, 0.05) is 32.8 Å². The van der Waals surface area contributed by atoms with Crippen molar-refractivity contribution in [3.05, 3.63) is 35.4 Å². The Hall–Kier alpha value is -3.44. The Morgan fingerprint density at radius 3 is 2.74 bits per heavy atom. The maximum absolute atomic E-state index is 14.1. The van der Waals surface area contributed by atoms with E-state index in [0.29, 0.717) is 48.3 Å². The largest absolute Gasteiger partial charge is 0.481 e. The van der Waals surface area contributed by atoms with E-state index in [0.717, 1.165) is 25.0 Å². The molecule has 0 unspecified atom stereocenters. The zero-order valence-corrected chi connectivity index (χ0v) is 19.5. The van der Waals surface area contributed by atoms with E-state index in [2.05, 4.69) is 25.6 Å². The number of pyridine rings is 1. The van der Waals surface area contributed by atoms with Crippen molar-refractivity contribution in [2.45, 2.75) is 51.5 Å². The SMILES string of the molecule is Cn1nnc(-c2ccc(N3CCC[C@H](CC(=O)O)C3)c(C(F)F)n2)c1Cn1cc(CC2CC2)nn1. The number of alkyl halides is 2. The van der Waals surface area contributed by atoms with Crippen LogP contribution in [0.1, 0.15) is 55.6 Å². The number of nitrogens with zero attached hydrogens (tertiary/aromatic N) is 8. The van der Waals surface area contributed by atoms with E-state index in [-0.39, 0.29) is 18.0 Å². The number of carboxylic acid groups (broad SMARTS) is 1. The Bertz CT molecular complexity index is 1210. The van der Waals surface area contributed by atoms with E-state index in [1.54, 1.807) is 28.5 Å². The maximum Gasteiger partial charge on any atom is 0.303 e. The normalized spacial score (nSPS) is 18.4. The molecule has 1 N–H and O–H groups in total. The Morgan fingerprint density at radius 1 is 1.17 bits per heavy atom. The van der Waals surface area contributed by atoms with Gasteiger partial charge in [0.2, 0.25) is 0 Å². The van der Waals surface area contributed by atoms with Crippen LogP contribution in [0.3, 0.4) is 0 Å². The van der Waals surface area contributed by atoms with Crippen molar-refractivity contribution in [1.82, 2.24) is 35.0 Å². The quantitative estimate of drug-likeness (QED) is 0.491. The third-order valence-electron chi connectivity index (χ3n) is 6.71. The first-order valence-corrected chi connectivity index (χ1v) is 11.9. The molecule has 3 aromatic rings. The monoisotopic (exact) mass is 486 g/mol. The summed E-state index contributed by atoms with van der Waals surface area (Å²) in [6, 6.07) is 3.31. The number of hydrogen-bond acceptors (Lipinski definition) is 7. The van der Waals surface area contributed by atoms with E-state index in [9.17, 15) is 13.6 Å². The first kappa shape index (κ1) is 23.3. The highest BCUT2D eigenvalue weighted by molar-refractivity contribution is 5.67. The lowest BCUT2D eigenvalue weighted by Gasteiger charge is -2.34. The van der Waals surface area contributed by atoms with Crippen molar-refractivity contribution in [3.8, 4) is 11.4 Å². The molecule has 0 amide bonds. The van der Waals surface area contributed by atoms with Crippen LogP contribution in [0.4, 0.5) is 14.5 Å². The summed E-state index contributed by atoms with van der Waals surface area (Å²) in [4.78, 5) is 17.3. The second kappa shape index (κ2) is 9.67. The summed E-state index contributed by atoms with van der Waals surface area (Å²) in [5.41, 5.74) is 2.36. The van der Waals surface area contributed by atoms with E-state index < -0.39 is 12.4 Å². The number of hydrogen-bond donors (Lipinski definition) is 1. The summed E-state index contributed by atoms with van der Waals surface area (Å²) in [6.07, 6.45) is 4.04. The fraction of sp³-hybridized carbons (Fsp3) is 0.565. The predicted molar refractivity (Wildman–Crippen MR) is 122 cm³/mol. The number of anilines is 1. The van der Waals surface area contributed by atoms with Gasteiger partial charge in [-0.15, -0.1) is 10.2 Å². The van der Waals surface area contributed by atoms with Crippen LogP contribution in [-0.2, 0) is 24.8 Å². The fourth-order valence-corrected chi connectivity index (χ4v) is 4.76. The molecule has 1 aliphatic carbocycles. The molecule has 2 aliphatic rings. The number of rotatable bonds is 9. The zero-order valence-electron chi connectivity index (χ0n) is 19.5. The molecule has 12 heteroatoms. The molecule has 1 atom stereocenters. The van der Waals surface area contributed by atoms with E-state index in [4.69, 9.17) is 5.11 Å². The molecule has 5 rings (SSSR count). The van der Waals surface area contributed by atoms with Crippen molar-refractivity contribution >= 4 is 11.7 Å². The molecule has 0 aromatic carbocycles. The van der Waals surface area contributed by atoms with Crippen LogP contribution in [0.25, 0.3) is 11.4 Å². The van der Waals surface area contributed by atoms with Gasteiger partial charge < -0.3 is 10.0 Å². The maximum atomic E-state index is 14.1. The Kier molecular flexibility index (Phi) is 6.44. The third-order valence-corrected chi connectivity index (χ3v) is 6.71. The molecule has 35 heavy (non-hydrogen) atoms. The van der Waals surface area contributed by atoms with Crippen LogP contribution in [0.2, 0.25) is 0 Å². The Balaban J connectivity index is 1.40. The molecule has 4 heterocycles. The zero-order chi connectivity index (χ0) is 24.5. The number of aromatic nitrogens is 7. The van der Waals surface area contributed by atoms with Gasteiger partial charge in [0.1, 0.15) is 11.4 Å². The lowest BCUT2D eigenvalue weighted by atomic mass is 9.94. The topological polar surface area (TPSA) is 115 Å². The summed E-state index contributed by atoms with van der Waals surface area (Å²) >= 11 is 0. The number of aryl methyl sites for hydroxylation is 1. The minimum absolute atomic E-state index is 0.0274. The molecule has 2 fully saturated rings. The van der Waals surface area contributed by atoms with E-state index in [1.807, 2.05) is 11.1 Å². The van der Waals surface area contributed by atoms with Gasteiger partial charge in [-0.2, -0.15) is 0 Å². The summed E-state index contributed by atoms with van der Waals surface area (Å²) < 4.78 is 31.5. The molecule has 0 radical (unpaired) electrons. The molecule has 10 nitrogen and oxygen atoms in total. The van der Waals surface area contributed by atoms with Crippen molar-refractivity contribution in [3.63, 3.8) is 0 Å². The van der Waals surface area contributed by atoms with Gasteiger partial charge >= 0.3 is 5.97 Å². The number of halogens is 2. The fourth-order valence-electron chi connectivity index (χ4n) is 4.76. The average molecular weight is 487 g/mol. The van der Waals surface area contributed by atoms with Crippen LogP contribution < -0.4 is 4.90 Å².